The van der Waals surface area contributed by atoms with Gasteiger partial charge in [0.25, 0.3) is 0 Å². The molecule has 0 aromatic heterocycles. The molecule has 0 spiro atoms. The summed E-state index contributed by atoms with van der Waals surface area (Å²) in [6.45, 7) is 8.16. The van der Waals surface area contributed by atoms with Crippen molar-refractivity contribution < 1.29 is 14.7 Å². The first-order valence-electron chi connectivity index (χ1n) is 6.50. The third kappa shape index (κ3) is 6.59. The van der Waals surface area contributed by atoms with Gasteiger partial charge in [-0.1, -0.05) is 27.7 Å². The Hall–Kier alpha value is -1.10. The van der Waals surface area contributed by atoms with Crippen LogP contribution in [0.2, 0.25) is 0 Å². The van der Waals surface area contributed by atoms with Crippen LogP contribution in [0.15, 0.2) is 0 Å². The average Bonchev–Trinajstić information content (AvgIpc) is 2.23. The number of nitrogens with one attached hydrogen (secondary N) is 1. The maximum atomic E-state index is 12.0. The molecule has 2 unspecified atom stereocenters. The van der Waals surface area contributed by atoms with Gasteiger partial charge in [0.2, 0.25) is 5.91 Å². The monoisotopic (exact) mass is 258 g/mol. The van der Waals surface area contributed by atoms with E-state index in [1.165, 1.54) is 0 Å². The van der Waals surface area contributed by atoms with Crippen LogP contribution >= 0.6 is 0 Å². The molecule has 0 saturated carbocycles. The summed E-state index contributed by atoms with van der Waals surface area (Å²) in [5.74, 6) is -0.794. The van der Waals surface area contributed by atoms with Gasteiger partial charge in [0.15, 0.2) is 0 Å². The van der Waals surface area contributed by atoms with Crippen LogP contribution in [-0.2, 0) is 9.59 Å². The van der Waals surface area contributed by atoms with Gasteiger partial charge in [-0.2, -0.15) is 0 Å². The molecule has 0 heterocycles. The molecule has 4 N–H and O–H groups in total. The van der Waals surface area contributed by atoms with Gasteiger partial charge in [-0.25, -0.2) is 0 Å². The Morgan fingerprint density at radius 2 is 1.78 bits per heavy atom. The lowest BCUT2D eigenvalue weighted by molar-refractivity contribution is -0.138. The van der Waals surface area contributed by atoms with Crippen LogP contribution in [0.4, 0.5) is 0 Å². The first-order valence-corrected chi connectivity index (χ1v) is 6.50. The lowest BCUT2D eigenvalue weighted by Gasteiger charge is -2.24. The van der Waals surface area contributed by atoms with E-state index >= 15 is 0 Å². The minimum Gasteiger partial charge on any atom is -0.481 e. The van der Waals surface area contributed by atoms with Crippen LogP contribution in [0, 0.1) is 17.8 Å². The van der Waals surface area contributed by atoms with Gasteiger partial charge in [-0.3, -0.25) is 9.59 Å². The standard InChI is InChI=1S/C13H26N2O3/c1-8(2)5-10(7-14)13(18)15-11(9(3)4)6-12(16)17/h8-11H,5-7,14H2,1-4H3,(H,15,18)(H,16,17). The van der Waals surface area contributed by atoms with Crippen molar-refractivity contribution in [2.24, 2.45) is 23.5 Å². The number of carboxylic acids is 1. The Balaban J connectivity index is 4.51. The summed E-state index contributed by atoms with van der Waals surface area (Å²) in [5, 5.41) is 11.6. The second kappa shape index (κ2) is 8.08. The quantitative estimate of drug-likeness (QED) is 0.610. The van der Waals surface area contributed by atoms with Crippen molar-refractivity contribution >= 4 is 11.9 Å². The predicted octanol–water partition coefficient (Wildman–Crippen LogP) is 1.22. The van der Waals surface area contributed by atoms with Crippen LogP contribution in [0.1, 0.15) is 40.5 Å². The highest BCUT2D eigenvalue weighted by Gasteiger charge is 2.24. The molecule has 1 amide bonds. The molecule has 0 aliphatic rings. The van der Waals surface area contributed by atoms with Gasteiger partial charge < -0.3 is 16.2 Å². The SMILES string of the molecule is CC(C)CC(CN)C(=O)NC(CC(=O)O)C(C)C. The lowest BCUT2D eigenvalue weighted by Crippen LogP contribution is -2.45. The first-order chi connectivity index (χ1) is 8.27. The van der Waals surface area contributed by atoms with Crippen LogP contribution in [-0.4, -0.2) is 29.6 Å². The van der Waals surface area contributed by atoms with Gasteiger partial charge in [-0.05, 0) is 18.3 Å². The van der Waals surface area contributed by atoms with Crippen molar-refractivity contribution in [1.82, 2.24) is 5.32 Å². The van der Waals surface area contributed by atoms with Crippen LogP contribution in [0.3, 0.4) is 0 Å². The maximum Gasteiger partial charge on any atom is 0.305 e. The van der Waals surface area contributed by atoms with E-state index in [0.717, 1.165) is 6.42 Å². The molecule has 0 saturated heterocycles. The summed E-state index contributed by atoms with van der Waals surface area (Å²) in [7, 11) is 0. The second-order valence-electron chi connectivity index (χ2n) is 5.52. The molecule has 0 fully saturated rings. The van der Waals surface area contributed by atoms with E-state index in [1.54, 1.807) is 0 Å². The molecule has 0 radical (unpaired) electrons. The molecular weight excluding hydrogens is 232 g/mol. The minimum atomic E-state index is -0.901. The highest BCUT2D eigenvalue weighted by atomic mass is 16.4. The Labute approximate surface area is 109 Å². The number of nitrogens with two attached hydrogens (primary N) is 1. The third-order valence-corrected chi connectivity index (χ3v) is 2.94. The largest absolute Gasteiger partial charge is 0.481 e. The molecule has 0 aromatic carbocycles. The van der Waals surface area contributed by atoms with E-state index in [4.69, 9.17) is 10.8 Å². The number of carboxylic acid groups (broad SMARTS) is 1. The molecule has 0 aliphatic carbocycles. The van der Waals surface area contributed by atoms with Crippen molar-refractivity contribution in [2.75, 3.05) is 6.54 Å². The van der Waals surface area contributed by atoms with Gasteiger partial charge in [0, 0.05) is 12.6 Å². The topological polar surface area (TPSA) is 92.4 Å². The van der Waals surface area contributed by atoms with Gasteiger partial charge in [0.1, 0.15) is 0 Å². The van der Waals surface area contributed by atoms with Crippen molar-refractivity contribution in [3.05, 3.63) is 0 Å². The number of hydrogen-bond donors (Lipinski definition) is 3. The fourth-order valence-electron chi connectivity index (χ4n) is 1.82. The van der Waals surface area contributed by atoms with E-state index in [1.807, 2.05) is 27.7 Å². The number of carbonyl (C=O) groups excluding carboxylic acids is 1. The molecule has 18 heavy (non-hydrogen) atoms. The minimum absolute atomic E-state index is 0.0532. The Morgan fingerprint density at radius 1 is 1.22 bits per heavy atom. The molecule has 106 valence electrons. The Morgan fingerprint density at radius 3 is 2.11 bits per heavy atom. The second-order valence-corrected chi connectivity index (χ2v) is 5.52. The van der Waals surface area contributed by atoms with Gasteiger partial charge in [-0.15, -0.1) is 0 Å². The molecular formula is C13H26N2O3. The Bertz CT molecular complexity index is 277. The van der Waals surface area contributed by atoms with E-state index in [9.17, 15) is 9.59 Å². The molecule has 0 rings (SSSR count). The van der Waals surface area contributed by atoms with E-state index in [2.05, 4.69) is 5.32 Å². The molecule has 2 atom stereocenters. The third-order valence-electron chi connectivity index (χ3n) is 2.94. The number of carbonyl (C=O) groups is 2. The first kappa shape index (κ1) is 16.9. The zero-order chi connectivity index (χ0) is 14.3. The number of amides is 1. The zero-order valence-corrected chi connectivity index (χ0v) is 11.8. The normalized spacial score (nSPS) is 14.6. The molecule has 0 bridgehead atoms. The van der Waals surface area contributed by atoms with Crippen molar-refractivity contribution in [2.45, 2.75) is 46.6 Å². The van der Waals surface area contributed by atoms with Crippen molar-refractivity contribution in [3.63, 3.8) is 0 Å². The van der Waals surface area contributed by atoms with Gasteiger partial charge >= 0.3 is 5.97 Å². The fraction of sp³-hybridized carbons (Fsp3) is 0.846. The zero-order valence-electron chi connectivity index (χ0n) is 11.8. The number of hydrogen-bond acceptors (Lipinski definition) is 3. The van der Waals surface area contributed by atoms with E-state index < -0.39 is 5.97 Å². The molecule has 5 heteroatoms. The van der Waals surface area contributed by atoms with Gasteiger partial charge in [0.05, 0.1) is 12.3 Å². The number of aliphatic carboxylic acids is 1. The van der Waals surface area contributed by atoms with E-state index in [-0.39, 0.29) is 30.2 Å². The Kier molecular flexibility index (Phi) is 7.59. The fourth-order valence-corrected chi connectivity index (χ4v) is 1.82. The van der Waals surface area contributed by atoms with Crippen LogP contribution < -0.4 is 11.1 Å². The summed E-state index contributed by atoms with van der Waals surface area (Å²) < 4.78 is 0. The lowest BCUT2D eigenvalue weighted by atomic mass is 9.94. The average molecular weight is 258 g/mol. The van der Waals surface area contributed by atoms with Crippen LogP contribution in [0.25, 0.3) is 0 Å². The van der Waals surface area contributed by atoms with E-state index in [0.29, 0.717) is 12.5 Å². The summed E-state index contributed by atoms with van der Waals surface area (Å²) >= 11 is 0. The molecule has 0 aliphatic heterocycles. The maximum absolute atomic E-state index is 12.0. The van der Waals surface area contributed by atoms with Crippen LogP contribution in [0.5, 0.6) is 0 Å². The summed E-state index contributed by atoms with van der Waals surface area (Å²) in [6.07, 6.45) is 0.669. The highest BCUT2D eigenvalue weighted by Crippen LogP contribution is 2.13. The molecule has 0 aromatic rings. The predicted molar refractivity (Wildman–Crippen MR) is 71.0 cm³/mol. The highest BCUT2D eigenvalue weighted by molar-refractivity contribution is 5.80. The smallest absolute Gasteiger partial charge is 0.305 e. The summed E-state index contributed by atoms with van der Waals surface area (Å²) in [4.78, 5) is 22.8. The number of rotatable bonds is 8. The summed E-state index contributed by atoms with van der Waals surface area (Å²) in [5.41, 5.74) is 5.60. The van der Waals surface area contributed by atoms with Crippen molar-refractivity contribution in [1.29, 1.82) is 0 Å². The summed E-state index contributed by atoms with van der Waals surface area (Å²) in [6, 6.07) is -0.337. The van der Waals surface area contributed by atoms with Crippen molar-refractivity contribution in [3.8, 4) is 0 Å². The molecule has 5 nitrogen and oxygen atoms in total.